The van der Waals surface area contributed by atoms with Crippen molar-refractivity contribution >= 4 is 0 Å². The smallest absolute Gasteiger partial charge is 0.0825 e. The topological polar surface area (TPSA) is 21.3 Å². The maximum atomic E-state index is 5.79. The molecule has 92 valence electrons. The third-order valence-corrected chi connectivity index (χ3v) is 3.40. The molecule has 0 bridgehead atoms. The van der Waals surface area contributed by atoms with E-state index in [1.807, 2.05) is 7.11 Å². The van der Waals surface area contributed by atoms with Crippen molar-refractivity contribution in [3.63, 3.8) is 0 Å². The standard InChI is InChI=1S/C13H29NO/c1-7-13(8-2,15-6)12(14-9-3)10-11(4)5/h11-12,14H,7-10H2,1-6H3. The van der Waals surface area contributed by atoms with E-state index in [-0.39, 0.29) is 5.60 Å². The number of nitrogens with one attached hydrogen (secondary N) is 1. The summed E-state index contributed by atoms with van der Waals surface area (Å²) in [6, 6.07) is 0.475. The number of likely N-dealkylation sites (N-methyl/N-ethyl adjacent to an activating group) is 1. The van der Waals surface area contributed by atoms with E-state index in [9.17, 15) is 0 Å². The highest BCUT2D eigenvalue weighted by atomic mass is 16.5. The van der Waals surface area contributed by atoms with Gasteiger partial charge in [0.25, 0.3) is 0 Å². The number of rotatable bonds is 8. The molecule has 0 aliphatic carbocycles. The van der Waals surface area contributed by atoms with Crippen LogP contribution in [0.4, 0.5) is 0 Å². The van der Waals surface area contributed by atoms with Crippen LogP contribution in [0.1, 0.15) is 53.9 Å². The van der Waals surface area contributed by atoms with Crippen molar-refractivity contribution in [2.45, 2.75) is 65.5 Å². The quantitative estimate of drug-likeness (QED) is 0.671. The molecule has 0 aliphatic heterocycles. The number of ether oxygens (including phenoxy) is 1. The Labute approximate surface area is 95.8 Å². The second-order valence-corrected chi connectivity index (χ2v) is 4.72. The lowest BCUT2D eigenvalue weighted by Gasteiger charge is -2.40. The summed E-state index contributed by atoms with van der Waals surface area (Å²) in [4.78, 5) is 0. The number of hydrogen-bond acceptors (Lipinski definition) is 2. The molecule has 15 heavy (non-hydrogen) atoms. The van der Waals surface area contributed by atoms with Gasteiger partial charge in [-0.1, -0.05) is 34.6 Å². The summed E-state index contributed by atoms with van der Waals surface area (Å²) in [6.07, 6.45) is 3.33. The molecule has 0 radical (unpaired) electrons. The average molecular weight is 215 g/mol. The molecule has 0 heterocycles. The van der Waals surface area contributed by atoms with Crippen LogP contribution in [0.2, 0.25) is 0 Å². The molecular formula is C13H29NO. The molecule has 0 aromatic carbocycles. The van der Waals surface area contributed by atoms with Gasteiger partial charge in [-0.15, -0.1) is 0 Å². The minimum absolute atomic E-state index is 0.0142. The summed E-state index contributed by atoms with van der Waals surface area (Å²) >= 11 is 0. The SMILES string of the molecule is CCNC(CC(C)C)C(CC)(CC)OC. The molecule has 0 amide bonds. The van der Waals surface area contributed by atoms with Gasteiger partial charge in [0, 0.05) is 13.2 Å². The van der Waals surface area contributed by atoms with Crippen molar-refractivity contribution in [1.29, 1.82) is 0 Å². The lowest BCUT2D eigenvalue weighted by Crippen LogP contribution is -2.52. The summed E-state index contributed by atoms with van der Waals surface area (Å²) in [5, 5.41) is 3.58. The van der Waals surface area contributed by atoms with Crippen molar-refractivity contribution < 1.29 is 4.74 Å². The van der Waals surface area contributed by atoms with Crippen LogP contribution in [-0.2, 0) is 4.74 Å². The van der Waals surface area contributed by atoms with Crippen molar-refractivity contribution in [3.05, 3.63) is 0 Å². The molecule has 1 atom stereocenters. The summed E-state index contributed by atoms with van der Waals surface area (Å²) in [5.41, 5.74) is 0.0142. The first kappa shape index (κ1) is 14.9. The Bertz CT molecular complexity index is 144. The van der Waals surface area contributed by atoms with Crippen molar-refractivity contribution in [1.82, 2.24) is 5.32 Å². The van der Waals surface area contributed by atoms with Crippen LogP contribution >= 0.6 is 0 Å². The Balaban J connectivity index is 4.65. The molecule has 1 N–H and O–H groups in total. The summed E-state index contributed by atoms with van der Waals surface area (Å²) in [5.74, 6) is 0.710. The van der Waals surface area contributed by atoms with Gasteiger partial charge < -0.3 is 10.1 Å². The molecule has 0 aliphatic rings. The molecule has 0 aromatic rings. The van der Waals surface area contributed by atoms with E-state index >= 15 is 0 Å². The predicted molar refractivity (Wildman–Crippen MR) is 67.2 cm³/mol. The van der Waals surface area contributed by atoms with E-state index in [0.717, 1.165) is 19.4 Å². The van der Waals surface area contributed by atoms with E-state index in [2.05, 4.69) is 39.9 Å². The fourth-order valence-electron chi connectivity index (χ4n) is 2.38. The van der Waals surface area contributed by atoms with Crippen molar-refractivity contribution in [3.8, 4) is 0 Å². The monoisotopic (exact) mass is 215 g/mol. The molecule has 2 nitrogen and oxygen atoms in total. The fourth-order valence-corrected chi connectivity index (χ4v) is 2.38. The van der Waals surface area contributed by atoms with Crippen LogP contribution in [0.25, 0.3) is 0 Å². The lowest BCUT2D eigenvalue weighted by atomic mass is 9.83. The molecular weight excluding hydrogens is 186 g/mol. The summed E-state index contributed by atoms with van der Waals surface area (Å²) in [6.45, 7) is 12.2. The molecule has 0 saturated heterocycles. The van der Waals surface area contributed by atoms with Gasteiger partial charge in [-0.25, -0.2) is 0 Å². The highest BCUT2D eigenvalue weighted by Gasteiger charge is 2.35. The molecule has 0 spiro atoms. The summed E-state index contributed by atoms with van der Waals surface area (Å²) in [7, 11) is 1.84. The molecule has 0 rings (SSSR count). The average Bonchev–Trinajstić information content (AvgIpc) is 2.21. The van der Waals surface area contributed by atoms with Crippen LogP contribution in [0.15, 0.2) is 0 Å². The van der Waals surface area contributed by atoms with Crippen LogP contribution in [0.3, 0.4) is 0 Å². The van der Waals surface area contributed by atoms with Gasteiger partial charge in [0.05, 0.1) is 5.60 Å². The van der Waals surface area contributed by atoms with E-state index in [1.54, 1.807) is 0 Å². The first-order valence-corrected chi connectivity index (χ1v) is 6.34. The lowest BCUT2D eigenvalue weighted by molar-refractivity contribution is -0.0517. The molecule has 2 heteroatoms. The highest BCUT2D eigenvalue weighted by Crippen LogP contribution is 2.28. The van der Waals surface area contributed by atoms with E-state index < -0.39 is 0 Å². The molecule has 1 unspecified atom stereocenters. The first-order valence-electron chi connectivity index (χ1n) is 6.34. The normalized spacial score (nSPS) is 14.6. The van der Waals surface area contributed by atoms with E-state index in [1.165, 1.54) is 6.42 Å². The fraction of sp³-hybridized carbons (Fsp3) is 1.00. The maximum Gasteiger partial charge on any atom is 0.0825 e. The Morgan fingerprint density at radius 3 is 1.93 bits per heavy atom. The van der Waals surface area contributed by atoms with Crippen LogP contribution in [0, 0.1) is 5.92 Å². The van der Waals surface area contributed by atoms with Gasteiger partial charge >= 0.3 is 0 Å². The minimum Gasteiger partial charge on any atom is -0.377 e. The molecule has 0 fully saturated rings. The van der Waals surface area contributed by atoms with Crippen molar-refractivity contribution in [2.24, 2.45) is 5.92 Å². The van der Waals surface area contributed by atoms with E-state index in [4.69, 9.17) is 4.74 Å². The largest absolute Gasteiger partial charge is 0.377 e. The van der Waals surface area contributed by atoms with E-state index in [0.29, 0.717) is 12.0 Å². The second-order valence-electron chi connectivity index (χ2n) is 4.72. The van der Waals surface area contributed by atoms with Gasteiger partial charge in [0.15, 0.2) is 0 Å². The van der Waals surface area contributed by atoms with Gasteiger partial charge in [0.1, 0.15) is 0 Å². The Hall–Kier alpha value is -0.0800. The zero-order chi connectivity index (χ0) is 11.9. The minimum atomic E-state index is 0.0142. The zero-order valence-electron chi connectivity index (χ0n) is 11.4. The third-order valence-electron chi connectivity index (χ3n) is 3.40. The first-order chi connectivity index (χ1) is 7.06. The van der Waals surface area contributed by atoms with Crippen LogP contribution < -0.4 is 5.32 Å². The predicted octanol–water partition coefficient (Wildman–Crippen LogP) is 3.22. The van der Waals surface area contributed by atoms with Crippen LogP contribution in [0.5, 0.6) is 0 Å². The number of methoxy groups -OCH3 is 1. The second kappa shape index (κ2) is 7.24. The number of hydrogen-bond donors (Lipinski definition) is 1. The van der Waals surface area contributed by atoms with Gasteiger partial charge in [-0.05, 0) is 31.7 Å². The van der Waals surface area contributed by atoms with Crippen molar-refractivity contribution in [2.75, 3.05) is 13.7 Å². The van der Waals surface area contributed by atoms with Gasteiger partial charge in [-0.2, -0.15) is 0 Å². The zero-order valence-corrected chi connectivity index (χ0v) is 11.4. The summed E-state index contributed by atoms with van der Waals surface area (Å²) < 4.78 is 5.79. The highest BCUT2D eigenvalue weighted by molar-refractivity contribution is 4.91. The Morgan fingerprint density at radius 2 is 1.67 bits per heavy atom. The Kier molecular flexibility index (Phi) is 7.20. The van der Waals surface area contributed by atoms with Gasteiger partial charge in [-0.3, -0.25) is 0 Å². The maximum absolute atomic E-state index is 5.79. The molecule has 0 saturated carbocycles. The van der Waals surface area contributed by atoms with Crippen LogP contribution in [-0.4, -0.2) is 25.3 Å². The Morgan fingerprint density at radius 1 is 1.13 bits per heavy atom. The third kappa shape index (κ3) is 4.12. The van der Waals surface area contributed by atoms with Gasteiger partial charge in [0.2, 0.25) is 0 Å². The molecule has 0 aromatic heterocycles.